The van der Waals surface area contributed by atoms with E-state index >= 15 is 0 Å². The molecule has 0 amide bonds. The molecule has 2 aromatic heterocycles. The summed E-state index contributed by atoms with van der Waals surface area (Å²) < 4.78 is 5.28. The molecule has 2 heterocycles. The van der Waals surface area contributed by atoms with Gasteiger partial charge in [0.2, 0.25) is 0 Å². The van der Waals surface area contributed by atoms with Crippen molar-refractivity contribution in [2.45, 2.75) is 0 Å². The lowest BCUT2D eigenvalue weighted by atomic mass is 10.1. The summed E-state index contributed by atoms with van der Waals surface area (Å²) in [6.45, 7) is 0. The number of aromatic nitrogens is 1. The number of nitrogens with zero attached hydrogens (tertiary/aromatic N) is 3. The smallest absolute Gasteiger partial charge is 0.269 e. The minimum absolute atomic E-state index is 0.00927. The second-order valence-corrected chi connectivity index (χ2v) is 5.39. The summed E-state index contributed by atoms with van der Waals surface area (Å²) in [6.07, 6.45) is 3.21. The largest absolute Gasteiger partial charge is 0.463 e. The van der Waals surface area contributed by atoms with Crippen LogP contribution < -0.4 is 0 Å². The molecule has 0 unspecified atom stereocenters. The molecular formula is C16H9N3O3S. The third-order valence-corrected chi connectivity index (χ3v) is 3.92. The summed E-state index contributed by atoms with van der Waals surface area (Å²) in [6, 6.07) is 11.7. The van der Waals surface area contributed by atoms with Crippen molar-refractivity contribution in [1.29, 1.82) is 5.26 Å². The van der Waals surface area contributed by atoms with Crippen molar-refractivity contribution >= 4 is 28.7 Å². The Morgan fingerprint density at radius 1 is 1.35 bits per heavy atom. The number of rotatable bonds is 4. The number of thiazole rings is 1. The molecule has 3 aromatic rings. The first-order valence-electron chi connectivity index (χ1n) is 6.53. The van der Waals surface area contributed by atoms with Crippen LogP contribution in [0.4, 0.5) is 5.69 Å². The molecule has 0 N–H and O–H groups in total. The van der Waals surface area contributed by atoms with Crippen molar-refractivity contribution in [2.75, 3.05) is 0 Å². The number of hydrogen-bond donors (Lipinski definition) is 0. The topological polar surface area (TPSA) is 93.0 Å². The van der Waals surface area contributed by atoms with Crippen LogP contribution in [0.15, 0.2) is 52.5 Å². The Morgan fingerprint density at radius 3 is 2.74 bits per heavy atom. The monoisotopic (exact) mass is 323 g/mol. The maximum absolute atomic E-state index is 10.6. The Kier molecular flexibility index (Phi) is 3.99. The molecule has 112 valence electrons. The number of nitro groups is 1. The van der Waals surface area contributed by atoms with Gasteiger partial charge in [-0.2, -0.15) is 5.26 Å². The van der Waals surface area contributed by atoms with Gasteiger partial charge in [-0.3, -0.25) is 10.1 Å². The lowest BCUT2D eigenvalue weighted by Crippen LogP contribution is -1.87. The van der Waals surface area contributed by atoms with E-state index in [-0.39, 0.29) is 5.69 Å². The molecule has 0 fully saturated rings. The third-order valence-electron chi connectivity index (χ3n) is 3.04. The number of nitro benzene ring substituents is 1. The van der Waals surface area contributed by atoms with Gasteiger partial charge in [0.25, 0.3) is 5.69 Å². The average molecular weight is 323 g/mol. The molecule has 0 saturated carbocycles. The van der Waals surface area contributed by atoms with Crippen LogP contribution in [-0.4, -0.2) is 9.91 Å². The summed E-state index contributed by atoms with van der Waals surface area (Å²) in [7, 11) is 0. The molecular weight excluding hydrogens is 314 g/mol. The van der Waals surface area contributed by atoms with Crippen LogP contribution >= 0.6 is 11.3 Å². The number of non-ortho nitro benzene ring substituents is 1. The molecule has 0 aliphatic carbocycles. The van der Waals surface area contributed by atoms with Crippen LogP contribution in [0, 0.1) is 21.4 Å². The molecule has 6 nitrogen and oxygen atoms in total. The maximum atomic E-state index is 10.6. The summed E-state index contributed by atoms with van der Waals surface area (Å²) >= 11 is 1.34. The van der Waals surface area contributed by atoms with Gasteiger partial charge < -0.3 is 4.42 Å². The predicted molar refractivity (Wildman–Crippen MR) is 86.4 cm³/mol. The van der Waals surface area contributed by atoms with Crippen LogP contribution in [0.5, 0.6) is 0 Å². The highest BCUT2D eigenvalue weighted by molar-refractivity contribution is 7.11. The fourth-order valence-electron chi connectivity index (χ4n) is 1.94. The van der Waals surface area contributed by atoms with E-state index in [0.29, 0.717) is 27.6 Å². The first kappa shape index (κ1) is 14.7. The van der Waals surface area contributed by atoms with Crippen LogP contribution in [0.3, 0.4) is 0 Å². The summed E-state index contributed by atoms with van der Waals surface area (Å²) in [5.74, 6) is 0.639. The quantitative estimate of drug-likeness (QED) is 0.403. The van der Waals surface area contributed by atoms with E-state index in [4.69, 9.17) is 4.42 Å². The van der Waals surface area contributed by atoms with E-state index in [2.05, 4.69) is 11.1 Å². The van der Waals surface area contributed by atoms with Crippen molar-refractivity contribution in [2.24, 2.45) is 0 Å². The van der Waals surface area contributed by atoms with Crippen molar-refractivity contribution in [3.05, 3.63) is 68.7 Å². The Morgan fingerprint density at radius 2 is 2.13 bits per heavy atom. The Labute approximate surface area is 135 Å². The molecule has 0 radical (unpaired) electrons. The van der Waals surface area contributed by atoms with Crippen molar-refractivity contribution in [3.63, 3.8) is 0 Å². The first-order chi connectivity index (χ1) is 11.2. The SMILES string of the molecule is N#C/C(=C\c1ccc([N+](=O)[O-])cc1)c1nc(-c2ccco2)cs1. The van der Waals surface area contributed by atoms with Crippen LogP contribution in [0.1, 0.15) is 10.6 Å². The summed E-state index contributed by atoms with van der Waals surface area (Å²) in [5, 5.41) is 22.4. The number of benzene rings is 1. The number of allylic oxidation sites excluding steroid dienone is 1. The van der Waals surface area contributed by atoms with Crippen LogP contribution in [-0.2, 0) is 0 Å². The van der Waals surface area contributed by atoms with Crippen molar-refractivity contribution < 1.29 is 9.34 Å². The molecule has 0 bridgehead atoms. The van der Waals surface area contributed by atoms with E-state index in [0.717, 1.165) is 0 Å². The molecule has 0 aliphatic rings. The normalized spacial score (nSPS) is 11.2. The summed E-state index contributed by atoms with van der Waals surface area (Å²) in [4.78, 5) is 14.6. The van der Waals surface area contributed by atoms with Gasteiger partial charge in [0.15, 0.2) is 5.76 Å². The molecule has 23 heavy (non-hydrogen) atoms. The zero-order valence-electron chi connectivity index (χ0n) is 11.7. The number of hydrogen-bond acceptors (Lipinski definition) is 6. The standard InChI is InChI=1S/C16H9N3O3S/c17-9-12(8-11-3-5-13(6-4-11)19(20)21)16-18-14(10-23-16)15-2-1-7-22-15/h1-8,10H/b12-8+. The van der Waals surface area contributed by atoms with Gasteiger partial charge in [-0.1, -0.05) is 0 Å². The average Bonchev–Trinajstić information content (AvgIpc) is 3.24. The van der Waals surface area contributed by atoms with E-state index in [1.165, 1.54) is 23.5 Å². The molecule has 3 rings (SSSR count). The predicted octanol–water partition coefficient (Wildman–Crippen LogP) is 4.38. The highest BCUT2D eigenvalue weighted by atomic mass is 32.1. The van der Waals surface area contributed by atoms with Gasteiger partial charge in [0.05, 0.1) is 16.8 Å². The van der Waals surface area contributed by atoms with Crippen molar-refractivity contribution in [3.8, 4) is 17.5 Å². The van der Waals surface area contributed by atoms with Crippen LogP contribution in [0.25, 0.3) is 23.1 Å². The van der Waals surface area contributed by atoms with Gasteiger partial charge in [0.1, 0.15) is 16.8 Å². The molecule has 0 spiro atoms. The molecule has 0 saturated heterocycles. The zero-order valence-corrected chi connectivity index (χ0v) is 12.5. The van der Waals surface area contributed by atoms with E-state index in [1.54, 1.807) is 36.6 Å². The lowest BCUT2D eigenvalue weighted by molar-refractivity contribution is -0.384. The van der Waals surface area contributed by atoms with Crippen LogP contribution in [0.2, 0.25) is 0 Å². The van der Waals surface area contributed by atoms with E-state index < -0.39 is 4.92 Å². The van der Waals surface area contributed by atoms with E-state index in [9.17, 15) is 15.4 Å². The second-order valence-electron chi connectivity index (χ2n) is 4.53. The number of nitriles is 1. The molecule has 0 aliphatic heterocycles. The first-order valence-corrected chi connectivity index (χ1v) is 7.41. The Hall–Kier alpha value is -3.24. The minimum Gasteiger partial charge on any atom is -0.463 e. The minimum atomic E-state index is -0.463. The molecule has 1 aromatic carbocycles. The second kappa shape index (κ2) is 6.25. The number of furan rings is 1. The Balaban J connectivity index is 1.90. The zero-order chi connectivity index (χ0) is 16.2. The van der Waals surface area contributed by atoms with Gasteiger partial charge in [-0.25, -0.2) is 4.98 Å². The van der Waals surface area contributed by atoms with Gasteiger partial charge in [-0.05, 0) is 35.9 Å². The van der Waals surface area contributed by atoms with Gasteiger partial charge in [-0.15, -0.1) is 11.3 Å². The van der Waals surface area contributed by atoms with Gasteiger partial charge in [0, 0.05) is 17.5 Å². The molecule has 0 atom stereocenters. The molecule has 7 heteroatoms. The lowest BCUT2D eigenvalue weighted by Gasteiger charge is -1.96. The van der Waals surface area contributed by atoms with E-state index in [1.807, 2.05) is 5.38 Å². The Bertz CT molecular complexity index is 903. The fraction of sp³-hybridized carbons (Fsp3) is 0. The summed E-state index contributed by atoms with van der Waals surface area (Å²) in [5.41, 5.74) is 1.76. The maximum Gasteiger partial charge on any atom is 0.269 e. The van der Waals surface area contributed by atoms with Gasteiger partial charge >= 0.3 is 0 Å². The highest BCUT2D eigenvalue weighted by Crippen LogP contribution is 2.27. The fourth-order valence-corrected chi connectivity index (χ4v) is 2.71. The third kappa shape index (κ3) is 3.17. The highest BCUT2D eigenvalue weighted by Gasteiger charge is 2.11. The van der Waals surface area contributed by atoms with Crippen molar-refractivity contribution in [1.82, 2.24) is 4.98 Å².